The van der Waals surface area contributed by atoms with E-state index in [2.05, 4.69) is 4.74 Å². The summed E-state index contributed by atoms with van der Waals surface area (Å²) in [5.41, 5.74) is -1.91. The number of esters is 1. The largest absolute Gasteiger partial charge is 0.452 e. The van der Waals surface area contributed by atoms with Crippen LogP contribution in [0.15, 0.2) is 42.5 Å². The van der Waals surface area contributed by atoms with E-state index in [0.29, 0.717) is 0 Å². The monoisotopic (exact) mass is 375 g/mol. The van der Waals surface area contributed by atoms with E-state index < -0.39 is 41.7 Å². The summed E-state index contributed by atoms with van der Waals surface area (Å²) in [5.74, 6) is -2.70. The number of carbonyl (C=O) groups excluding carboxylic acids is 2. The number of anilines is 1. The van der Waals surface area contributed by atoms with Crippen LogP contribution < -0.4 is 5.32 Å². The molecule has 9 heteroatoms. The van der Waals surface area contributed by atoms with Crippen LogP contribution >= 0.6 is 11.6 Å². The van der Waals surface area contributed by atoms with E-state index in [9.17, 15) is 27.2 Å². The third-order valence-electron chi connectivity index (χ3n) is 2.98. The van der Waals surface area contributed by atoms with Crippen molar-refractivity contribution in [1.82, 2.24) is 0 Å². The molecule has 0 fully saturated rings. The van der Waals surface area contributed by atoms with Gasteiger partial charge in [0, 0.05) is 0 Å². The highest BCUT2D eigenvalue weighted by atomic mass is 35.5. The highest BCUT2D eigenvalue weighted by Gasteiger charge is 2.34. The summed E-state index contributed by atoms with van der Waals surface area (Å²) >= 11 is 5.69. The van der Waals surface area contributed by atoms with E-state index >= 15 is 0 Å². The molecule has 0 aliphatic carbocycles. The molecule has 1 amide bonds. The van der Waals surface area contributed by atoms with Crippen molar-refractivity contribution in [3.8, 4) is 0 Å². The number of hydrogen-bond acceptors (Lipinski definition) is 3. The molecule has 0 saturated heterocycles. The van der Waals surface area contributed by atoms with Gasteiger partial charge in [0.15, 0.2) is 6.61 Å². The number of para-hydroxylation sites is 1. The minimum Gasteiger partial charge on any atom is -0.452 e. The van der Waals surface area contributed by atoms with Crippen LogP contribution in [0, 0.1) is 5.82 Å². The Morgan fingerprint density at radius 2 is 1.80 bits per heavy atom. The lowest BCUT2D eigenvalue weighted by Gasteiger charge is -2.15. The highest BCUT2D eigenvalue weighted by molar-refractivity contribution is 6.34. The van der Waals surface area contributed by atoms with E-state index in [-0.39, 0.29) is 10.6 Å². The Morgan fingerprint density at radius 1 is 1.12 bits per heavy atom. The molecule has 0 unspecified atom stereocenters. The number of alkyl halides is 3. The third kappa shape index (κ3) is 4.93. The number of carbonyl (C=O) groups is 2. The van der Waals surface area contributed by atoms with Crippen LogP contribution in [-0.2, 0) is 15.7 Å². The molecule has 2 aromatic carbocycles. The maximum atomic E-state index is 13.0. The average Bonchev–Trinajstić information content (AvgIpc) is 2.53. The molecule has 0 bridgehead atoms. The fourth-order valence-electron chi connectivity index (χ4n) is 1.89. The maximum Gasteiger partial charge on any atom is 0.418 e. The van der Waals surface area contributed by atoms with Crippen LogP contribution in [-0.4, -0.2) is 18.5 Å². The number of rotatable bonds is 4. The molecule has 0 aromatic heterocycles. The van der Waals surface area contributed by atoms with Crippen molar-refractivity contribution in [2.75, 3.05) is 11.9 Å². The number of ether oxygens (including phenoxy) is 1. The van der Waals surface area contributed by atoms with Crippen LogP contribution in [0.25, 0.3) is 0 Å². The molecule has 4 nitrogen and oxygen atoms in total. The number of amides is 1. The van der Waals surface area contributed by atoms with Crippen LogP contribution in [0.2, 0.25) is 5.02 Å². The van der Waals surface area contributed by atoms with Crippen LogP contribution in [0.4, 0.5) is 23.2 Å². The minimum absolute atomic E-state index is 0.137. The zero-order chi connectivity index (χ0) is 18.6. The lowest BCUT2D eigenvalue weighted by molar-refractivity contribution is -0.137. The Bertz CT molecular complexity index is 808. The third-order valence-corrected chi connectivity index (χ3v) is 3.29. The summed E-state index contributed by atoms with van der Waals surface area (Å²) in [6.45, 7) is -0.863. The molecular formula is C16H10ClF4NO3. The number of halogens is 5. The molecule has 0 aliphatic rings. The Balaban J connectivity index is 2.05. The molecule has 0 heterocycles. The Morgan fingerprint density at radius 3 is 2.44 bits per heavy atom. The Kier molecular flexibility index (Phi) is 5.63. The summed E-state index contributed by atoms with van der Waals surface area (Å²) in [6, 6.07) is 7.55. The van der Waals surface area contributed by atoms with Gasteiger partial charge in [0.05, 0.1) is 21.8 Å². The van der Waals surface area contributed by atoms with E-state index in [1.165, 1.54) is 18.2 Å². The van der Waals surface area contributed by atoms with Crippen molar-refractivity contribution in [3.05, 3.63) is 64.4 Å². The second-order valence-corrected chi connectivity index (χ2v) is 5.20. The molecule has 2 aromatic rings. The molecule has 25 heavy (non-hydrogen) atoms. The van der Waals surface area contributed by atoms with Crippen molar-refractivity contribution >= 4 is 29.2 Å². The summed E-state index contributed by atoms with van der Waals surface area (Å²) < 4.78 is 56.4. The summed E-state index contributed by atoms with van der Waals surface area (Å²) in [4.78, 5) is 23.4. The first kappa shape index (κ1) is 18.7. The first-order valence-corrected chi connectivity index (χ1v) is 7.14. The molecular weight excluding hydrogens is 366 g/mol. The summed E-state index contributed by atoms with van der Waals surface area (Å²) in [7, 11) is 0. The zero-order valence-electron chi connectivity index (χ0n) is 12.4. The zero-order valence-corrected chi connectivity index (χ0v) is 13.1. The van der Waals surface area contributed by atoms with E-state index in [1.54, 1.807) is 0 Å². The first-order chi connectivity index (χ1) is 11.7. The van der Waals surface area contributed by atoms with Gasteiger partial charge in [-0.1, -0.05) is 23.7 Å². The highest BCUT2D eigenvalue weighted by Crippen LogP contribution is 2.38. The van der Waals surface area contributed by atoms with Crippen molar-refractivity contribution < 1.29 is 31.9 Å². The van der Waals surface area contributed by atoms with Crippen molar-refractivity contribution in [1.29, 1.82) is 0 Å². The molecule has 0 spiro atoms. The molecule has 0 radical (unpaired) electrons. The fourth-order valence-corrected chi connectivity index (χ4v) is 2.11. The van der Waals surface area contributed by atoms with Crippen LogP contribution in [0.3, 0.4) is 0 Å². The van der Waals surface area contributed by atoms with Crippen LogP contribution in [0.5, 0.6) is 0 Å². The Labute approximate surface area is 144 Å². The minimum atomic E-state index is -4.73. The number of hydrogen-bond donors (Lipinski definition) is 1. The quantitative estimate of drug-likeness (QED) is 0.640. The lowest BCUT2D eigenvalue weighted by atomic mass is 10.1. The van der Waals surface area contributed by atoms with Gasteiger partial charge >= 0.3 is 12.1 Å². The standard InChI is InChI=1S/C16H10ClF4NO3/c17-12-6-2-5-11(16(19,20)21)14(12)22-13(23)8-25-15(24)9-3-1-4-10(18)7-9/h1-7H,8H2,(H,22,23). The second kappa shape index (κ2) is 7.52. The summed E-state index contributed by atoms with van der Waals surface area (Å²) in [5, 5.41) is 1.64. The smallest absolute Gasteiger partial charge is 0.418 e. The second-order valence-electron chi connectivity index (χ2n) is 4.79. The van der Waals surface area contributed by atoms with Gasteiger partial charge in [-0.3, -0.25) is 4.79 Å². The van der Waals surface area contributed by atoms with E-state index in [0.717, 1.165) is 24.3 Å². The van der Waals surface area contributed by atoms with Gasteiger partial charge in [-0.05, 0) is 30.3 Å². The van der Waals surface area contributed by atoms with Crippen molar-refractivity contribution in [2.45, 2.75) is 6.18 Å². The van der Waals surface area contributed by atoms with Gasteiger partial charge in [-0.2, -0.15) is 13.2 Å². The molecule has 2 rings (SSSR count). The number of benzene rings is 2. The molecule has 0 atom stereocenters. The fraction of sp³-hybridized carbons (Fsp3) is 0.125. The number of nitrogens with one attached hydrogen (secondary N) is 1. The van der Waals surface area contributed by atoms with Gasteiger partial charge < -0.3 is 10.1 Å². The van der Waals surface area contributed by atoms with E-state index in [4.69, 9.17) is 11.6 Å². The first-order valence-electron chi connectivity index (χ1n) is 6.76. The van der Waals surface area contributed by atoms with E-state index in [1.807, 2.05) is 5.32 Å². The Hall–Kier alpha value is -2.61. The topological polar surface area (TPSA) is 55.4 Å². The SMILES string of the molecule is O=C(COC(=O)c1cccc(F)c1)Nc1c(Cl)cccc1C(F)(F)F. The van der Waals surface area contributed by atoms with Gasteiger partial charge in [0.2, 0.25) is 0 Å². The predicted octanol–water partition coefficient (Wildman–Crippen LogP) is 4.29. The van der Waals surface area contributed by atoms with Gasteiger partial charge in [0.1, 0.15) is 5.82 Å². The van der Waals surface area contributed by atoms with Crippen molar-refractivity contribution in [2.24, 2.45) is 0 Å². The summed E-state index contributed by atoms with van der Waals surface area (Å²) in [6.07, 6.45) is -4.73. The van der Waals surface area contributed by atoms with Gasteiger partial charge in [-0.25, -0.2) is 9.18 Å². The van der Waals surface area contributed by atoms with Crippen LogP contribution in [0.1, 0.15) is 15.9 Å². The molecule has 1 N–H and O–H groups in total. The molecule has 0 saturated carbocycles. The lowest BCUT2D eigenvalue weighted by Crippen LogP contribution is -2.23. The molecule has 0 aliphatic heterocycles. The van der Waals surface area contributed by atoms with Gasteiger partial charge in [0.25, 0.3) is 5.91 Å². The average molecular weight is 376 g/mol. The molecule has 132 valence electrons. The maximum absolute atomic E-state index is 13.0. The van der Waals surface area contributed by atoms with Gasteiger partial charge in [-0.15, -0.1) is 0 Å². The van der Waals surface area contributed by atoms with Crippen molar-refractivity contribution in [3.63, 3.8) is 0 Å². The normalized spacial score (nSPS) is 11.1. The predicted molar refractivity (Wildman–Crippen MR) is 81.8 cm³/mol.